The van der Waals surface area contributed by atoms with Gasteiger partial charge in [0.25, 0.3) is 0 Å². The van der Waals surface area contributed by atoms with Crippen LogP contribution in [0.25, 0.3) is 0 Å². The average Bonchev–Trinajstić information content (AvgIpc) is 2.77. The SMILES string of the molecule is CCC(C)Nc1ccc(O)c2c1C[C@H]1C[C@H]3[C@H](C(C)C)C(=O)C(C(N)=O)C(=O)[C@@]3(O)C(=O)C1C2=O. The molecule has 2 fully saturated rings. The molecule has 4 rings (SSSR count). The molecule has 0 radical (unpaired) electrons. The largest absolute Gasteiger partial charge is 0.507 e. The van der Waals surface area contributed by atoms with Crippen LogP contribution in [0.15, 0.2) is 12.1 Å². The number of phenolic OH excluding ortho intramolecular Hbond substituents is 1. The van der Waals surface area contributed by atoms with Crippen molar-refractivity contribution in [3.05, 3.63) is 23.3 Å². The van der Waals surface area contributed by atoms with E-state index in [0.29, 0.717) is 11.3 Å². The van der Waals surface area contributed by atoms with Crippen molar-refractivity contribution < 1.29 is 34.2 Å². The van der Waals surface area contributed by atoms with Crippen molar-refractivity contribution in [3.63, 3.8) is 0 Å². The molecule has 1 amide bonds. The summed E-state index contributed by atoms with van der Waals surface area (Å²) in [5, 5.41) is 25.5. The van der Waals surface area contributed by atoms with Crippen LogP contribution in [0.3, 0.4) is 0 Å². The molecular weight excluding hydrogens is 452 g/mol. The lowest BCUT2D eigenvalue weighted by molar-refractivity contribution is -0.182. The molecule has 188 valence electrons. The van der Waals surface area contributed by atoms with E-state index in [1.807, 2.05) is 13.8 Å². The Morgan fingerprint density at radius 1 is 1.17 bits per heavy atom. The Labute approximate surface area is 203 Å². The number of nitrogens with two attached hydrogens (primary N) is 1. The molecule has 9 nitrogen and oxygen atoms in total. The third-order valence-corrected chi connectivity index (χ3v) is 8.21. The van der Waals surface area contributed by atoms with Gasteiger partial charge in [0.05, 0.1) is 11.5 Å². The second kappa shape index (κ2) is 8.55. The van der Waals surface area contributed by atoms with Gasteiger partial charge in [-0.3, -0.25) is 24.0 Å². The van der Waals surface area contributed by atoms with Crippen LogP contribution in [0.2, 0.25) is 0 Å². The number of ketones is 4. The van der Waals surface area contributed by atoms with Gasteiger partial charge >= 0.3 is 0 Å². The van der Waals surface area contributed by atoms with Gasteiger partial charge in [0.15, 0.2) is 34.7 Å². The molecule has 0 bridgehead atoms. The number of aromatic hydroxyl groups is 1. The molecule has 0 aliphatic heterocycles. The monoisotopic (exact) mass is 484 g/mol. The molecule has 0 heterocycles. The van der Waals surface area contributed by atoms with Crippen molar-refractivity contribution in [3.8, 4) is 5.75 Å². The van der Waals surface area contributed by atoms with E-state index in [2.05, 4.69) is 5.32 Å². The number of primary amides is 1. The van der Waals surface area contributed by atoms with Gasteiger partial charge in [-0.1, -0.05) is 20.8 Å². The first kappa shape index (κ1) is 25.0. The summed E-state index contributed by atoms with van der Waals surface area (Å²) in [6.45, 7) is 7.44. The number of fused-ring (bicyclic) bond motifs is 3. The number of hydrogen-bond donors (Lipinski definition) is 4. The molecule has 2 saturated carbocycles. The van der Waals surface area contributed by atoms with Crippen LogP contribution in [-0.4, -0.2) is 50.9 Å². The summed E-state index contributed by atoms with van der Waals surface area (Å²) in [5.74, 6) is -11.4. The number of Topliss-reactive ketones (excluding diaryl/α,β-unsaturated/α-hetero) is 4. The zero-order valence-electron chi connectivity index (χ0n) is 20.3. The Balaban J connectivity index is 1.85. The smallest absolute Gasteiger partial charge is 0.235 e. The Morgan fingerprint density at radius 3 is 2.40 bits per heavy atom. The molecule has 5 N–H and O–H groups in total. The lowest BCUT2D eigenvalue weighted by Crippen LogP contribution is -2.71. The minimum atomic E-state index is -2.67. The van der Waals surface area contributed by atoms with E-state index in [1.165, 1.54) is 6.07 Å². The summed E-state index contributed by atoms with van der Waals surface area (Å²) in [4.78, 5) is 65.8. The van der Waals surface area contributed by atoms with E-state index in [0.717, 1.165) is 6.42 Å². The molecule has 0 aromatic heterocycles. The van der Waals surface area contributed by atoms with E-state index in [9.17, 15) is 34.2 Å². The Hall–Kier alpha value is -3.07. The molecule has 9 heteroatoms. The van der Waals surface area contributed by atoms with Gasteiger partial charge in [-0.25, -0.2) is 0 Å². The van der Waals surface area contributed by atoms with Gasteiger partial charge in [-0.05, 0) is 55.7 Å². The fourth-order valence-electron chi connectivity index (χ4n) is 6.36. The van der Waals surface area contributed by atoms with E-state index < -0.39 is 64.2 Å². The molecule has 1 aromatic rings. The maximum atomic E-state index is 13.8. The quantitative estimate of drug-likeness (QED) is 0.360. The molecule has 3 aliphatic carbocycles. The molecule has 1 aromatic carbocycles. The summed E-state index contributed by atoms with van der Waals surface area (Å²) in [5.41, 5.74) is 3.93. The van der Waals surface area contributed by atoms with E-state index in [-0.39, 0.29) is 36.1 Å². The first-order valence-electron chi connectivity index (χ1n) is 12.2. The fourth-order valence-corrected chi connectivity index (χ4v) is 6.36. The fraction of sp³-hybridized carbons (Fsp3) is 0.577. The molecule has 0 saturated heterocycles. The Bertz CT molecular complexity index is 1140. The maximum absolute atomic E-state index is 13.8. The van der Waals surface area contributed by atoms with Crippen LogP contribution < -0.4 is 11.1 Å². The van der Waals surface area contributed by atoms with Gasteiger partial charge in [-0.15, -0.1) is 0 Å². The predicted molar refractivity (Wildman–Crippen MR) is 126 cm³/mol. The number of carbonyl (C=O) groups excluding carboxylic acids is 5. The van der Waals surface area contributed by atoms with Crippen molar-refractivity contribution in [1.29, 1.82) is 0 Å². The molecule has 35 heavy (non-hydrogen) atoms. The number of benzene rings is 1. The van der Waals surface area contributed by atoms with Crippen LogP contribution in [0.1, 0.15) is 56.5 Å². The summed E-state index contributed by atoms with van der Waals surface area (Å²) >= 11 is 0. The van der Waals surface area contributed by atoms with Crippen molar-refractivity contribution in [2.45, 2.75) is 58.6 Å². The van der Waals surface area contributed by atoms with Crippen LogP contribution in [-0.2, 0) is 25.6 Å². The highest BCUT2D eigenvalue weighted by Crippen LogP contribution is 2.53. The number of nitrogens with one attached hydrogen (secondary N) is 1. The van der Waals surface area contributed by atoms with E-state index in [4.69, 9.17) is 5.73 Å². The van der Waals surface area contributed by atoms with Crippen LogP contribution in [0.4, 0.5) is 5.69 Å². The van der Waals surface area contributed by atoms with Gasteiger partial charge in [0.2, 0.25) is 5.91 Å². The van der Waals surface area contributed by atoms with Crippen LogP contribution in [0.5, 0.6) is 5.75 Å². The Morgan fingerprint density at radius 2 is 1.83 bits per heavy atom. The standard InChI is InChI=1S/C26H32N2O7/c1-5-11(4)28-15-6-7-16(29)19-13(15)8-12-9-14-17(10(2)3)21(30)20(25(27)34)24(33)26(14,35)23(32)18(12)22(19)31/h6-7,10-12,14,17-18,20,28-29,35H,5,8-9H2,1-4H3,(H2,27,34)/t11?,12-,14-,17-,18?,20?,26-/m0/s1. The van der Waals surface area contributed by atoms with Crippen LogP contribution >= 0.6 is 0 Å². The summed E-state index contributed by atoms with van der Waals surface area (Å²) in [6, 6.07) is 3.17. The van der Waals surface area contributed by atoms with Crippen molar-refractivity contribution >= 4 is 34.7 Å². The number of amides is 1. The third kappa shape index (κ3) is 3.51. The molecular formula is C26H32N2O7. The topological polar surface area (TPSA) is 164 Å². The van der Waals surface area contributed by atoms with Crippen LogP contribution in [0, 0.1) is 35.5 Å². The normalized spacial score (nSPS) is 33.1. The predicted octanol–water partition coefficient (Wildman–Crippen LogP) is 1.42. The number of anilines is 1. The lowest BCUT2D eigenvalue weighted by Gasteiger charge is -2.52. The van der Waals surface area contributed by atoms with E-state index >= 15 is 0 Å². The van der Waals surface area contributed by atoms with Gasteiger partial charge < -0.3 is 21.3 Å². The van der Waals surface area contributed by atoms with Gasteiger partial charge in [0.1, 0.15) is 5.75 Å². The molecule has 3 aliphatic rings. The number of hydrogen-bond acceptors (Lipinski definition) is 8. The summed E-state index contributed by atoms with van der Waals surface area (Å²) < 4.78 is 0. The highest BCUT2D eigenvalue weighted by molar-refractivity contribution is 6.32. The molecule has 0 spiro atoms. The zero-order chi connectivity index (χ0) is 26.0. The highest BCUT2D eigenvalue weighted by atomic mass is 16.3. The van der Waals surface area contributed by atoms with Gasteiger partial charge in [-0.2, -0.15) is 0 Å². The number of aliphatic hydroxyl groups is 1. The number of phenols is 1. The highest BCUT2D eigenvalue weighted by Gasteiger charge is 2.69. The second-order valence-corrected chi connectivity index (χ2v) is 10.6. The summed E-state index contributed by atoms with van der Waals surface area (Å²) in [6.07, 6.45) is 1.15. The van der Waals surface area contributed by atoms with Crippen molar-refractivity contribution in [2.24, 2.45) is 41.2 Å². The maximum Gasteiger partial charge on any atom is 0.235 e. The minimum absolute atomic E-state index is 0.00106. The second-order valence-electron chi connectivity index (χ2n) is 10.6. The molecule has 7 atom stereocenters. The van der Waals surface area contributed by atoms with Crippen molar-refractivity contribution in [1.82, 2.24) is 0 Å². The van der Waals surface area contributed by atoms with E-state index in [1.54, 1.807) is 19.9 Å². The molecule has 3 unspecified atom stereocenters. The zero-order valence-corrected chi connectivity index (χ0v) is 20.3. The number of carbonyl (C=O) groups is 5. The summed E-state index contributed by atoms with van der Waals surface area (Å²) in [7, 11) is 0. The number of rotatable bonds is 5. The van der Waals surface area contributed by atoms with Gasteiger partial charge in [0, 0.05) is 23.6 Å². The average molecular weight is 485 g/mol. The first-order valence-corrected chi connectivity index (χ1v) is 12.2. The third-order valence-electron chi connectivity index (χ3n) is 8.21. The first-order chi connectivity index (χ1) is 16.4. The lowest BCUT2D eigenvalue weighted by atomic mass is 9.50. The Kier molecular flexibility index (Phi) is 6.12. The minimum Gasteiger partial charge on any atom is -0.507 e. The van der Waals surface area contributed by atoms with Crippen molar-refractivity contribution in [2.75, 3.05) is 5.32 Å².